The molecule has 0 atom stereocenters. The van der Waals surface area contributed by atoms with E-state index in [2.05, 4.69) is 15.9 Å². The van der Waals surface area contributed by atoms with Gasteiger partial charge in [-0.25, -0.2) is 0 Å². The van der Waals surface area contributed by atoms with Crippen molar-refractivity contribution in [1.29, 1.82) is 0 Å². The third-order valence-electron chi connectivity index (χ3n) is 3.19. The zero-order valence-electron chi connectivity index (χ0n) is 9.45. The lowest BCUT2D eigenvalue weighted by atomic mass is 9.85. The van der Waals surface area contributed by atoms with E-state index in [4.69, 9.17) is 0 Å². The molecule has 1 aliphatic rings. The molecule has 2 rings (SSSR count). The number of carbonyl (C=O) groups is 1. The van der Waals surface area contributed by atoms with Gasteiger partial charge in [0.25, 0.3) is 5.91 Å². The van der Waals surface area contributed by atoms with Gasteiger partial charge in [0.2, 0.25) is 0 Å². The third-order valence-corrected chi connectivity index (χ3v) is 3.72. The molecule has 0 aliphatic heterocycles. The summed E-state index contributed by atoms with van der Waals surface area (Å²) in [6.07, 6.45) is 3.88. The van der Waals surface area contributed by atoms with Gasteiger partial charge >= 0.3 is 0 Å². The Kier molecular flexibility index (Phi) is 3.64. The Balaban J connectivity index is 1.97. The Bertz CT molecular complexity index is 370. The molecule has 0 bridgehead atoms. The van der Waals surface area contributed by atoms with Gasteiger partial charge in [0.05, 0.1) is 0 Å². The molecule has 0 spiro atoms. The molecule has 0 heterocycles. The highest BCUT2D eigenvalue weighted by Crippen LogP contribution is 2.27. The summed E-state index contributed by atoms with van der Waals surface area (Å²) >= 11 is 3.37. The van der Waals surface area contributed by atoms with E-state index in [1.165, 1.54) is 19.3 Å². The second-order valence-corrected chi connectivity index (χ2v) is 5.41. The predicted molar refractivity (Wildman–Crippen MR) is 68.4 cm³/mol. The van der Waals surface area contributed by atoms with Crippen LogP contribution in [0.4, 0.5) is 0 Å². The van der Waals surface area contributed by atoms with Crippen molar-refractivity contribution in [1.82, 2.24) is 4.90 Å². The normalized spacial score (nSPS) is 15.6. The van der Waals surface area contributed by atoms with Crippen LogP contribution in [0.3, 0.4) is 0 Å². The molecule has 0 N–H and O–H groups in total. The SMILES string of the molecule is CN(CC1CCC1)C(=O)c1ccc(Br)cc1. The molecule has 0 radical (unpaired) electrons. The minimum atomic E-state index is 0.124. The van der Waals surface area contributed by atoms with E-state index >= 15 is 0 Å². The van der Waals surface area contributed by atoms with E-state index < -0.39 is 0 Å². The number of halogens is 1. The fourth-order valence-corrected chi connectivity index (χ4v) is 2.22. The molecule has 1 saturated carbocycles. The lowest BCUT2D eigenvalue weighted by molar-refractivity contribution is 0.0745. The summed E-state index contributed by atoms with van der Waals surface area (Å²) < 4.78 is 1.01. The monoisotopic (exact) mass is 281 g/mol. The number of rotatable bonds is 3. The maximum absolute atomic E-state index is 12.0. The van der Waals surface area contributed by atoms with E-state index in [-0.39, 0.29) is 5.91 Å². The lowest BCUT2D eigenvalue weighted by Crippen LogP contribution is -2.34. The number of hydrogen-bond donors (Lipinski definition) is 0. The minimum absolute atomic E-state index is 0.124. The van der Waals surface area contributed by atoms with Crippen molar-refractivity contribution in [3.8, 4) is 0 Å². The zero-order valence-corrected chi connectivity index (χ0v) is 11.0. The molecule has 1 aromatic rings. The zero-order chi connectivity index (χ0) is 11.5. The number of amides is 1. The van der Waals surface area contributed by atoms with Gasteiger partial charge in [0.1, 0.15) is 0 Å². The lowest BCUT2D eigenvalue weighted by Gasteiger charge is -2.30. The van der Waals surface area contributed by atoms with Gasteiger partial charge in [-0.15, -0.1) is 0 Å². The number of hydrogen-bond acceptors (Lipinski definition) is 1. The molecular formula is C13H16BrNO. The second-order valence-electron chi connectivity index (χ2n) is 4.49. The molecule has 16 heavy (non-hydrogen) atoms. The van der Waals surface area contributed by atoms with Crippen LogP contribution in [-0.2, 0) is 0 Å². The van der Waals surface area contributed by atoms with Crippen LogP contribution in [0.1, 0.15) is 29.6 Å². The molecule has 1 fully saturated rings. The molecule has 0 aromatic heterocycles. The Morgan fingerprint density at radius 3 is 2.50 bits per heavy atom. The Labute approximate surface area is 105 Å². The first kappa shape index (κ1) is 11.6. The van der Waals surface area contributed by atoms with Crippen LogP contribution >= 0.6 is 15.9 Å². The number of benzene rings is 1. The smallest absolute Gasteiger partial charge is 0.253 e. The molecule has 1 amide bonds. The van der Waals surface area contributed by atoms with Crippen molar-refractivity contribution in [3.05, 3.63) is 34.3 Å². The van der Waals surface area contributed by atoms with Gasteiger partial charge in [-0.2, -0.15) is 0 Å². The summed E-state index contributed by atoms with van der Waals surface area (Å²) in [5.41, 5.74) is 0.769. The van der Waals surface area contributed by atoms with Crippen LogP contribution in [-0.4, -0.2) is 24.4 Å². The second kappa shape index (κ2) is 5.00. The summed E-state index contributed by atoms with van der Waals surface area (Å²) in [7, 11) is 1.89. The fourth-order valence-electron chi connectivity index (χ4n) is 1.96. The van der Waals surface area contributed by atoms with E-state index in [0.717, 1.165) is 22.5 Å². The first-order chi connectivity index (χ1) is 7.66. The number of carbonyl (C=O) groups excluding carboxylic acids is 1. The molecule has 3 heteroatoms. The van der Waals surface area contributed by atoms with Crippen LogP contribution in [0.15, 0.2) is 28.7 Å². The van der Waals surface area contributed by atoms with Crippen molar-refractivity contribution in [3.63, 3.8) is 0 Å². The van der Waals surface area contributed by atoms with Crippen molar-refractivity contribution in [2.24, 2.45) is 5.92 Å². The fraction of sp³-hybridized carbons (Fsp3) is 0.462. The van der Waals surface area contributed by atoms with Gasteiger partial charge in [-0.3, -0.25) is 4.79 Å². The van der Waals surface area contributed by atoms with Gasteiger partial charge < -0.3 is 4.90 Å². The quantitative estimate of drug-likeness (QED) is 0.832. The Morgan fingerprint density at radius 1 is 1.38 bits per heavy atom. The van der Waals surface area contributed by atoms with Crippen LogP contribution in [0.25, 0.3) is 0 Å². The average Bonchev–Trinajstić information content (AvgIpc) is 2.23. The van der Waals surface area contributed by atoms with Crippen molar-refractivity contribution in [2.75, 3.05) is 13.6 Å². The highest BCUT2D eigenvalue weighted by molar-refractivity contribution is 9.10. The first-order valence-corrected chi connectivity index (χ1v) is 6.47. The highest BCUT2D eigenvalue weighted by Gasteiger charge is 2.21. The summed E-state index contributed by atoms with van der Waals surface area (Å²) in [6.45, 7) is 0.898. The van der Waals surface area contributed by atoms with Crippen molar-refractivity contribution < 1.29 is 4.79 Å². The first-order valence-electron chi connectivity index (χ1n) is 5.68. The Morgan fingerprint density at radius 2 is 2.00 bits per heavy atom. The Hall–Kier alpha value is -0.830. The van der Waals surface area contributed by atoms with Crippen LogP contribution in [0, 0.1) is 5.92 Å². The van der Waals surface area contributed by atoms with Crippen molar-refractivity contribution >= 4 is 21.8 Å². The van der Waals surface area contributed by atoms with E-state index in [1.807, 2.05) is 36.2 Å². The summed E-state index contributed by atoms with van der Waals surface area (Å²) in [5, 5.41) is 0. The molecule has 2 nitrogen and oxygen atoms in total. The maximum Gasteiger partial charge on any atom is 0.253 e. The topological polar surface area (TPSA) is 20.3 Å². The van der Waals surface area contributed by atoms with Crippen molar-refractivity contribution in [2.45, 2.75) is 19.3 Å². The minimum Gasteiger partial charge on any atom is -0.341 e. The standard InChI is InChI=1S/C13H16BrNO/c1-15(9-10-3-2-4-10)13(16)11-5-7-12(14)8-6-11/h5-8,10H,2-4,9H2,1H3. The largest absolute Gasteiger partial charge is 0.341 e. The van der Waals surface area contributed by atoms with Gasteiger partial charge in [0, 0.05) is 23.6 Å². The van der Waals surface area contributed by atoms with Gasteiger partial charge in [-0.05, 0) is 43.0 Å². The average molecular weight is 282 g/mol. The van der Waals surface area contributed by atoms with Gasteiger partial charge in [-0.1, -0.05) is 22.4 Å². The van der Waals surface area contributed by atoms with Crippen LogP contribution in [0.2, 0.25) is 0 Å². The predicted octanol–water partition coefficient (Wildman–Crippen LogP) is 3.32. The summed E-state index contributed by atoms with van der Waals surface area (Å²) in [6, 6.07) is 7.54. The molecule has 86 valence electrons. The summed E-state index contributed by atoms with van der Waals surface area (Å²) in [5.74, 6) is 0.851. The summed E-state index contributed by atoms with van der Waals surface area (Å²) in [4.78, 5) is 13.9. The third kappa shape index (κ3) is 2.64. The molecule has 0 saturated heterocycles. The number of nitrogens with zero attached hydrogens (tertiary/aromatic N) is 1. The maximum atomic E-state index is 12.0. The van der Waals surface area contributed by atoms with E-state index in [9.17, 15) is 4.79 Å². The molecule has 1 aromatic carbocycles. The highest BCUT2D eigenvalue weighted by atomic mass is 79.9. The molecule has 0 unspecified atom stereocenters. The van der Waals surface area contributed by atoms with E-state index in [1.54, 1.807) is 0 Å². The van der Waals surface area contributed by atoms with Crippen LogP contribution < -0.4 is 0 Å². The molecular weight excluding hydrogens is 266 g/mol. The van der Waals surface area contributed by atoms with Gasteiger partial charge in [0.15, 0.2) is 0 Å². The van der Waals surface area contributed by atoms with E-state index in [0.29, 0.717) is 0 Å². The van der Waals surface area contributed by atoms with Crippen LogP contribution in [0.5, 0.6) is 0 Å². The molecule has 1 aliphatic carbocycles.